The summed E-state index contributed by atoms with van der Waals surface area (Å²) in [7, 11) is 0. The fourth-order valence-corrected chi connectivity index (χ4v) is 4.08. The number of imidazole rings is 1. The molecule has 0 atom stereocenters. The second-order valence-electron chi connectivity index (χ2n) is 6.95. The number of rotatable bonds is 6. The Labute approximate surface area is 167 Å². The van der Waals surface area contributed by atoms with Crippen LogP contribution in [0.25, 0.3) is 28.1 Å². The lowest BCUT2D eigenvalue weighted by molar-refractivity contribution is -0.657. The molecule has 4 aromatic rings. The van der Waals surface area contributed by atoms with Crippen LogP contribution >= 0.6 is 0 Å². The van der Waals surface area contributed by atoms with Gasteiger partial charge >= 0.3 is 0 Å². The van der Waals surface area contributed by atoms with Gasteiger partial charge in [0, 0.05) is 18.8 Å². The van der Waals surface area contributed by atoms with E-state index in [1.54, 1.807) is 0 Å². The molecular weight excluding hydrogens is 342 g/mol. The quantitative estimate of drug-likeness (QED) is 0.411. The van der Waals surface area contributed by atoms with Crippen molar-refractivity contribution in [1.29, 1.82) is 0 Å². The Balaban J connectivity index is 1.96. The lowest BCUT2D eigenvalue weighted by Crippen LogP contribution is -2.34. The van der Waals surface area contributed by atoms with Crippen molar-refractivity contribution >= 4 is 16.7 Å². The lowest BCUT2D eigenvalue weighted by Gasteiger charge is -2.20. The van der Waals surface area contributed by atoms with Crippen LogP contribution in [0.3, 0.4) is 0 Å². The van der Waals surface area contributed by atoms with Gasteiger partial charge in [0.25, 0.3) is 5.82 Å². The minimum atomic E-state index is 0.924. The van der Waals surface area contributed by atoms with E-state index >= 15 is 0 Å². The van der Waals surface area contributed by atoms with Crippen molar-refractivity contribution in [1.82, 2.24) is 4.57 Å². The first-order chi connectivity index (χ1) is 13.8. The summed E-state index contributed by atoms with van der Waals surface area (Å²) >= 11 is 0. The highest BCUT2D eigenvalue weighted by atomic mass is 15.2. The maximum atomic E-state index is 2.41. The molecule has 0 amide bonds. The second kappa shape index (κ2) is 7.89. The molecule has 1 aromatic heterocycles. The molecule has 0 radical (unpaired) electrons. The fraction of sp³-hybridized carbons (Fsp3) is 0.240. The van der Waals surface area contributed by atoms with Crippen molar-refractivity contribution in [3.8, 4) is 17.1 Å². The van der Waals surface area contributed by atoms with Crippen molar-refractivity contribution in [2.24, 2.45) is 0 Å². The first kappa shape index (κ1) is 18.3. The molecule has 0 fully saturated rings. The van der Waals surface area contributed by atoms with Gasteiger partial charge in [-0.05, 0) is 69.3 Å². The third-order valence-electron chi connectivity index (χ3n) is 5.47. The predicted molar refractivity (Wildman–Crippen MR) is 118 cm³/mol. The minimum Gasteiger partial charge on any atom is -0.372 e. The lowest BCUT2D eigenvalue weighted by atomic mass is 10.1. The highest BCUT2D eigenvalue weighted by molar-refractivity contribution is 5.79. The van der Waals surface area contributed by atoms with Crippen LogP contribution in [0.5, 0.6) is 0 Å². The Bertz CT molecular complexity index is 1060. The van der Waals surface area contributed by atoms with Gasteiger partial charge in [-0.15, -0.1) is 0 Å². The van der Waals surface area contributed by atoms with Crippen LogP contribution in [-0.4, -0.2) is 17.7 Å². The molecule has 0 bridgehead atoms. The van der Waals surface area contributed by atoms with Crippen molar-refractivity contribution in [2.45, 2.75) is 27.3 Å². The largest absolute Gasteiger partial charge is 0.372 e. The number of fused-ring (bicyclic) bond motifs is 1. The number of aromatic nitrogens is 2. The molecule has 4 rings (SSSR count). The summed E-state index contributed by atoms with van der Waals surface area (Å²) in [5.41, 5.74) is 6.20. The summed E-state index contributed by atoms with van der Waals surface area (Å²) in [5, 5.41) is 0. The number of para-hydroxylation sites is 3. The van der Waals surface area contributed by atoms with Crippen LogP contribution in [0.2, 0.25) is 0 Å². The predicted octanol–water partition coefficient (Wildman–Crippen LogP) is 5.45. The monoisotopic (exact) mass is 370 g/mol. The molecule has 3 heteroatoms. The van der Waals surface area contributed by atoms with Crippen molar-refractivity contribution < 1.29 is 4.57 Å². The Morgan fingerprint density at radius 3 is 2.04 bits per heavy atom. The van der Waals surface area contributed by atoms with E-state index in [0.717, 1.165) is 19.6 Å². The number of benzene rings is 3. The van der Waals surface area contributed by atoms with Gasteiger partial charge in [-0.3, -0.25) is 0 Å². The van der Waals surface area contributed by atoms with E-state index in [9.17, 15) is 0 Å². The smallest absolute Gasteiger partial charge is 0.295 e. The summed E-state index contributed by atoms with van der Waals surface area (Å²) in [6.07, 6.45) is 0. The van der Waals surface area contributed by atoms with E-state index in [2.05, 4.69) is 114 Å². The van der Waals surface area contributed by atoms with E-state index < -0.39 is 0 Å². The van der Waals surface area contributed by atoms with E-state index in [1.165, 1.54) is 33.8 Å². The average molecular weight is 371 g/mol. The SMILES string of the molecule is CCN(CC)c1ccc(-c2n(-c3ccccc3)c3ccccc3[n+]2CC)cc1. The summed E-state index contributed by atoms with van der Waals surface area (Å²) in [4.78, 5) is 2.38. The number of anilines is 1. The Morgan fingerprint density at radius 2 is 1.39 bits per heavy atom. The molecule has 0 spiro atoms. The van der Waals surface area contributed by atoms with E-state index in [1.807, 2.05) is 0 Å². The molecular formula is C25H28N3+. The van der Waals surface area contributed by atoms with Crippen molar-refractivity contribution in [3.63, 3.8) is 0 Å². The average Bonchev–Trinajstić information content (AvgIpc) is 3.10. The van der Waals surface area contributed by atoms with Crippen molar-refractivity contribution in [2.75, 3.05) is 18.0 Å². The first-order valence-corrected chi connectivity index (χ1v) is 10.2. The third-order valence-corrected chi connectivity index (χ3v) is 5.47. The molecule has 0 aliphatic heterocycles. The Hall–Kier alpha value is -3.07. The zero-order valence-corrected chi connectivity index (χ0v) is 17.0. The van der Waals surface area contributed by atoms with Gasteiger partial charge in [-0.25, -0.2) is 4.57 Å². The van der Waals surface area contributed by atoms with E-state index in [4.69, 9.17) is 0 Å². The molecule has 142 valence electrons. The van der Waals surface area contributed by atoms with Gasteiger partial charge in [0.1, 0.15) is 5.69 Å². The Morgan fingerprint density at radius 1 is 0.750 bits per heavy atom. The minimum absolute atomic E-state index is 0.924. The zero-order valence-electron chi connectivity index (χ0n) is 17.0. The molecule has 0 aliphatic rings. The topological polar surface area (TPSA) is 12.1 Å². The molecule has 28 heavy (non-hydrogen) atoms. The van der Waals surface area contributed by atoms with E-state index in [0.29, 0.717) is 0 Å². The fourth-order valence-electron chi connectivity index (χ4n) is 4.08. The number of hydrogen-bond donors (Lipinski definition) is 0. The maximum absolute atomic E-state index is 2.41. The Kier molecular flexibility index (Phi) is 5.16. The third kappa shape index (κ3) is 3.07. The standard InChI is InChI=1S/C25H28N3/c1-4-26(5-2)21-18-16-20(17-19-21)25-27(6-3)23-14-10-11-15-24(23)28(25)22-12-8-7-9-13-22/h7-19H,4-6H2,1-3H3/q+1. The summed E-state index contributed by atoms with van der Waals surface area (Å²) in [6, 6.07) is 28.3. The van der Waals surface area contributed by atoms with Crippen molar-refractivity contribution in [3.05, 3.63) is 78.9 Å². The highest BCUT2D eigenvalue weighted by Crippen LogP contribution is 2.28. The summed E-state index contributed by atoms with van der Waals surface area (Å²) in [5.74, 6) is 1.22. The van der Waals surface area contributed by atoms with Crippen LogP contribution in [0, 0.1) is 0 Å². The van der Waals surface area contributed by atoms with Crippen LogP contribution in [0.15, 0.2) is 78.9 Å². The van der Waals surface area contributed by atoms with Gasteiger partial charge in [0.05, 0.1) is 12.1 Å². The van der Waals surface area contributed by atoms with Gasteiger partial charge < -0.3 is 4.90 Å². The molecule has 3 aromatic carbocycles. The summed E-state index contributed by atoms with van der Waals surface area (Å²) < 4.78 is 4.79. The number of aryl methyl sites for hydroxylation is 1. The van der Waals surface area contributed by atoms with Gasteiger partial charge in [0.2, 0.25) is 0 Å². The van der Waals surface area contributed by atoms with Gasteiger partial charge in [-0.2, -0.15) is 4.57 Å². The van der Waals surface area contributed by atoms with Gasteiger partial charge in [0.15, 0.2) is 11.0 Å². The van der Waals surface area contributed by atoms with Crippen LogP contribution in [-0.2, 0) is 6.54 Å². The second-order valence-corrected chi connectivity index (χ2v) is 6.95. The highest BCUT2D eigenvalue weighted by Gasteiger charge is 2.26. The summed E-state index contributed by atoms with van der Waals surface area (Å²) in [6.45, 7) is 9.60. The number of hydrogen-bond acceptors (Lipinski definition) is 1. The molecule has 0 unspecified atom stereocenters. The van der Waals surface area contributed by atoms with Crippen LogP contribution in [0.1, 0.15) is 20.8 Å². The molecule has 1 heterocycles. The molecule has 0 N–H and O–H groups in total. The first-order valence-electron chi connectivity index (χ1n) is 10.2. The molecule has 0 saturated heterocycles. The normalized spacial score (nSPS) is 11.1. The molecule has 3 nitrogen and oxygen atoms in total. The number of nitrogens with zero attached hydrogens (tertiary/aromatic N) is 3. The van der Waals surface area contributed by atoms with Crippen LogP contribution in [0.4, 0.5) is 5.69 Å². The van der Waals surface area contributed by atoms with Gasteiger partial charge in [-0.1, -0.05) is 30.3 Å². The molecule has 0 saturated carbocycles. The van der Waals surface area contributed by atoms with Crippen LogP contribution < -0.4 is 9.47 Å². The maximum Gasteiger partial charge on any atom is 0.295 e. The van der Waals surface area contributed by atoms with E-state index in [-0.39, 0.29) is 0 Å². The molecule has 0 aliphatic carbocycles. The zero-order chi connectivity index (χ0) is 19.5.